The summed E-state index contributed by atoms with van der Waals surface area (Å²) in [7, 11) is 1.87. The summed E-state index contributed by atoms with van der Waals surface area (Å²) < 4.78 is 6.83. The molecular formula is C15H25N3O2. The van der Waals surface area contributed by atoms with E-state index in [1.165, 1.54) is 25.7 Å². The first-order valence-electron chi connectivity index (χ1n) is 7.54. The number of nitrogens with one attached hydrogen (secondary N) is 1. The highest BCUT2D eigenvalue weighted by molar-refractivity contribution is 5.90. The van der Waals surface area contributed by atoms with Crippen molar-refractivity contribution >= 4 is 5.97 Å². The molecule has 20 heavy (non-hydrogen) atoms. The van der Waals surface area contributed by atoms with Crippen LogP contribution in [0.5, 0.6) is 0 Å². The zero-order valence-corrected chi connectivity index (χ0v) is 12.7. The van der Waals surface area contributed by atoms with Gasteiger partial charge in [-0.2, -0.15) is 5.10 Å². The third-order valence-electron chi connectivity index (χ3n) is 4.20. The second-order valence-corrected chi connectivity index (χ2v) is 5.60. The Labute approximate surface area is 120 Å². The maximum atomic E-state index is 11.9. The lowest BCUT2D eigenvalue weighted by Crippen LogP contribution is -2.37. The second-order valence-electron chi connectivity index (χ2n) is 5.60. The summed E-state index contributed by atoms with van der Waals surface area (Å²) in [5.74, 6) is 0.414. The number of hydrogen-bond donors (Lipinski definition) is 1. The molecule has 1 fully saturated rings. The van der Waals surface area contributed by atoms with Crippen LogP contribution in [-0.4, -0.2) is 28.4 Å². The number of rotatable bonds is 5. The van der Waals surface area contributed by atoms with Crippen LogP contribution in [0.1, 0.15) is 55.6 Å². The lowest BCUT2D eigenvalue weighted by atomic mass is 9.86. The molecule has 0 saturated heterocycles. The number of carbonyl (C=O) groups excluding carboxylic acids is 1. The number of ether oxygens (including phenoxy) is 1. The number of aryl methyl sites for hydroxylation is 1. The molecule has 2 atom stereocenters. The molecule has 1 aliphatic rings. The minimum absolute atomic E-state index is 0.283. The summed E-state index contributed by atoms with van der Waals surface area (Å²) in [6, 6.07) is 0.536. The number of aromatic nitrogens is 2. The Morgan fingerprint density at radius 2 is 2.25 bits per heavy atom. The first-order valence-corrected chi connectivity index (χ1v) is 7.54. The van der Waals surface area contributed by atoms with Crippen LogP contribution in [0.25, 0.3) is 0 Å². The molecule has 0 spiro atoms. The molecule has 1 aromatic heterocycles. The van der Waals surface area contributed by atoms with Crippen molar-refractivity contribution in [3.63, 3.8) is 0 Å². The molecule has 5 heteroatoms. The van der Waals surface area contributed by atoms with Gasteiger partial charge in [-0.15, -0.1) is 0 Å². The molecular weight excluding hydrogens is 254 g/mol. The minimum atomic E-state index is -0.283. The normalized spacial score (nSPS) is 22.8. The zero-order chi connectivity index (χ0) is 14.5. The molecule has 2 rings (SSSR count). The Morgan fingerprint density at radius 3 is 2.95 bits per heavy atom. The van der Waals surface area contributed by atoms with Crippen LogP contribution < -0.4 is 5.32 Å². The van der Waals surface area contributed by atoms with Crippen LogP contribution in [0.15, 0.2) is 6.20 Å². The predicted molar refractivity (Wildman–Crippen MR) is 77.4 cm³/mol. The lowest BCUT2D eigenvalue weighted by molar-refractivity contribution is 0.0524. The van der Waals surface area contributed by atoms with Crippen molar-refractivity contribution in [3.05, 3.63) is 17.5 Å². The molecule has 0 bridgehead atoms. The van der Waals surface area contributed by atoms with Crippen LogP contribution in [0, 0.1) is 5.92 Å². The number of nitrogens with zero attached hydrogens (tertiary/aromatic N) is 2. The number of carbonyl (C=O) groups is 1. The molecule has 0 aliphatic heterocycles. The highest BCUT2D eigenvalue weighted by Crippen LogP contribution is 2.24. The fourth-order valence-electron chi connectivity index (χ4n) is 2.90. The molecule has 1 saturated carbocycles. The Balaban J connectivity index is 2.01. The van der Waals surface area contributed by atoms with Crippen molar-refractivity contribution in [2.24, 2.45) is 13.0 Å². The van der Waals surface area contributed by atoms with E-state index in [1.54, 1.807) is 10.9 Å². The van der Waals surface area contributed by atoms with Crippen molar-refractivity contribution in [1.82, 2.24) is 15.1 Å². The average molecular weight is 279 g/mol. The highest BCUT2D eigenvalue weighted by Gasteiger charge is 2.23. The van der Waals surface area contributed by atoms with Gasteiger partial charge in [-0.25, -0.2) is 4.79 Å². The Hall–Kier alpha value is -1.36. The van der Waals surface area contributed by atoms with Gasteiger partial charge in [0, 0.05) is 19.6 Å². The minimum Gasteiger partial charge on any atom is -0.462 e. The molecule has 5 nitrogen and oxygen atoms in total. The summed E-state index contributed by atoms with van der Waals surface area (Å²) in [5.41, 5.74) is 1.48. The maximum absolute atomic E-state index is 11.9. The standard InChI is InChI=1S/C15H25N3O2/c1-4-20-15(19)12-9-17-18(3)14(12)10-16-13-8-6-5-7-11(13)2/h9,11,13,16H,4-8,10H2,1-3H3. The Kier molecular flexibility index (Phi) is 5.17. The van der Waals surface area contributed by atoms with Gasteiger partial charge in [0.15, 0.2) is 0 Å². The summed E-state index contributed by atoms with van der Waals surface area (Å²) in [4.78, 5) is 11.9. The Morgan fingerprint density at radius 1 is 1.50 bits per heavy atom. The van der Waals surface area contributed by atoms with Crippen LogP contribution >= 0.6 is 0 Å². The summed E-state index contributed by atoms with van der Waals surface area (Å²) >= 11 is 0. The van der Waals surface area contributed by atoms with Gasteiger partial charge in [0.05, 0.1) is 18.5 Å². The van der Waals surface area contributed by atoms with Gasteiger partial charge in [-0.1, -0.05) is 19.8 Å². The molecule has 1 aromatic rings. The monoisotopic (exact) mass is 279 g/mol. The molecule has 1 N–H and O–H groups in total. The van der Waals surface area contributed by atoms with Crippen LogP contribution in [0.3, 0.4) is 0 Å². The molecule has 0 radical (unpaired) electrons. The average Bonchev–Trinajstić information content (AvgIpc) is 2.79. The molecule has 0 amide bonds. The number of hydrogen-bond acceptors (Lipinski definition) is 4. The topological polar surface area (TPSA) is 56.1 Å². The van der Waals surface area contributed by atoms with Crippen molar-refractivity contribution in [2.75, 3.05) is 6.61 Å². The maximum Gasteiger partial charge on any atom is 0.341 e. The van der Waals surface area contributed by atoms with Gasteiger partial charge in [0.2, 0.25) is 0 Å². The molecule has 0 aromatic carbocycles. The van der Waals surface area contributed by atoms with Crippen molar-refractivity contribution in [2.45, 2.75) is 52.1 Å². The molecule has 112 valence electrons. The van der Waals surface area contributed by atoms with Gasteiger partial charge < -0.3 is 10.1 Å². The van der Waals surface area contributed by atoms with E-state index in [9.17, 15) is 4.79 Å². The van der Waals surface area contributed by atoms with Crippen molar-refractivity contribution < 1.29 is 9.53 Å². The molecule has 2 unspecified atom stereocenters. The van der Waals surface area contributed by atoms with Crippen LogP contribution in [0.2, 0.25) is 0 Å². The van der Waals surface area contributed by atoms with Crippen molar-refractivity contribution in [3.8, 4) is 0 Å². The smallest absolute Gasteiger partial charge is 0.341 e. The Bertz CT molecular complexity index is 456. The van der Waals surface area contributed by atoms with E-state index in [0.717, 1.165) is 5.69 Å². The van der Waals surface area contributed by atoms with Gasteiger partial charge in [-0.05, 0) is 25.7 Å². The van der Waals surface area contributed by atoms with Gasteiger partial charge in [0.1, 0.15) is 5.56 Å². The van der Waals surface area contributed by atoms with Crippen LogP contribution in [-0.2, 0) is 18.3 Å². The zero-order valence-electron chi connectivity index (χ0n) is 12.7. The van der Waals surface area contributed by atoms with Gasteiger partial charge >= 0.3 is 5.97 Å². The highest BCUT2D eigenvalue weighted by atomic mass is 16.5. The lowest BCUT2D eigenvalue weighted by Gasteiger charge is -2.29. The van der Waals surface area contributed by atoms with E-state index in [-0.39, 0.29) is 5.97 Å². The third-order valence-corrected chi connectivity index (χ3v) is 4.20. The van der Waals surface area contributed by atoms with Gasteiger partial charge in [0.25, 0.3) is 0 Å². The van der Waals surface area contributed by atoms with E-state index in [1.807, 2.05) is 14.0 Å². The first-order chi connectivity index (χ1) is 9.63. The predicted octanol–water partition coefficient (Wildman–Crippen LogP) is 2.27. The molecule has 1 aliphatic carbocycles. The largest absolute Gasteiger partial charge is 0.462 e. The fourth-order valence-corrected chi connectivity index (χ4v) is 2.90. The molecule has 1 heterocycles. The summed E-state index contributed by atoms with van der Waals surface area (Å²) in [6.07, 6.45) is 6.72. The van der Waals surface area contributed by atoms with E-state index >= 15 is 0 Å². The second kappa shape index (κ2) is 6.88. The third kappa shape index (κ3) is 3.39. The van der Waals surface area contributed by atoms with E-state index < -0.39 is 0 Å². The number of esters is 1. The first kappa shape index (κ1) is 15.0. The van der Waals surface area contributed by atoms with E-state index in [2.05, 4.69) is 17.3 Å². The van der Waals surface area contributed by atoms with Gasteiger partial charge in [-0.3, -0.25) is 4.68 Å². The quantitative estimate of drug-likeness (QED) is 0.840. The van der Waals surface area contributed by atoms with E-state index in [4.69, 9.17) is 4.74 Å². The summed E-state index contributed by atoms with van der Waals surface area (Å²) in [5, 5.41) is 7.76. The van der Waals surface area contributed by atoms with Crippen molar-refractivity contribution in [1.29, 1.82) is 0 Å². The SMILES string of the molecule is CCOC(=O)c1cnn(C)c1CNC1CCCCC1C. The summed E-state index contributed by atoms with van der Waals surface area (Å²) in [6.45, 7) is 5.17. The van der Waals surface area contributed by atoms with Crippen LogP contribution in [0.4, 0.5) is 0 Å². The van der Waals surface area contributed by atoms with E-state index in [0.29, 0.717) is 30.7 Å². The fraction of sp³-hybridized carbons (Fsp3) is 0.733.